The molecule has 0 spiro atoms. The molecule has 62 heavy (non-hydrogen) atoms. The summed E-state index contributed by atoms with van der Waals surface area (Å²) in [6.45, 7) is 4.30. The second-order valence-corrected chi connectivity index (χ2v) is 13.8. The minimum atomic E-state index is 0.315. The molecule has 18 heteroatoms. The van der Waals surface area contributed by atoms with Gasteiger partial charge in [0.1, 0.15) is 24.3 Å². The van der Waals surface area contributed by atoms with Gasteiger partial charge in [-0.15, -0.1) is 11.8 Å². The Morgan fingerprint density at radius 1 is 0.516 bits per heavy atom. The number of aryl methyl sites for hydroxylation is 2. The summed E-state index contributed by atoms with van der Waals surface area (Å²) in [5.41, 5.74) is 16.3. The minimum Gasteiger partial charge on any atom is -0.493 e. The van der Waals surface area contributed by atoms with Gasteiger partial charge in [0, 0.05) is 37.1 Å². The number of ether oxygens (including phenoxy) is 6. The molecule has 0 radical (unpaired) electrons. The third kappa shape index (κ3) is 10.3. The molecule has 0 bridgehead atoms. The van der Waals surface area contributed by atoms with Gasteiger partial charge in [-0.25, -0.2) is 29.9 Å². The number of anilines is 2. The summed E-state index contributed by atoms with van der Waals surface area (Å²) in [4.78, 5) is 26.9. The maximum Gasteiger partial charge on any atom is 0.203 e. The van der Waals surface area contributed by atoms with Gasteiger partial charge in [0.05, 0.1) is 55.7 Å². The predicted molar refractivity (Wildman–Crippen MR) is 239 cm³/mol. The number of imidazole rings is 2. The lowest BCUT2D eigenvalue weighted by Gasteiger charge is -2.15. The minimum absolute atomic E-state index is 0.315. The van der Waals surface area contributed by atoms with Crippen molar-refractivity contribution in [2.24, 2.45) is 0 Å². The Labute approximate surface area is 361 Å². The van der Waals surface area contributed by atoms with Gasteiger partial charge < -0.3 is 59.7 Å². The number of nitrogens with two attached hydrogens (primary N) is 2. The molecule has 6 N–H and O–H groups in total. The van der Waals surface area contributed by atoms with Crippen LogP contribution in [0.1, 0.15) is 38.5 Å². The van der Waals surface area contributed by atoms with Gasteiger partial charge in [0.2, 0.25) is 11.5 Å². The molecule has 2 aromatic carbocycles. The molecule has 4 heterocycles. The average molecular weight is 847 g/mol. The molecule has 0 amide bonds. The molecule has 6 rings (SSSR count). The quantitative estimate of drug-likeness (QED) is 0.0568. The Balaban J connectivity index is 0.898. The van der Waals surface area contributed by atoms with Crippen molar-refractivity contribution in [3.8, 4) is 81.0 Å². The van der Waals surface area contributed by atoms with Crippen molar-refractivity contribution in [3.05, 3.63) is 36.9 Å². The Hall–Kier alpha value is -7.02. The summed E-state index contributed by atoms with van der Waals surface area (Å²) < 4.78 is 37.4. The summed E-state index contributed by atoms with van der Waals surface area (Å²) >= 11 is 0. The highest BCUT2D eigenvalue weighted by molar-refractivity contribution is 5.87. The van der Waals surface area contributed by atoms with Gasteiger partial charge in [-0.1, -0.05) is 11.8 Å². The second kappa shape index (κ2) is 22.0. The van der Waals surface area contributed by atoms with Crippen LogP contribution in [0.2, 0.25) is 0 Å². The molecule has 326 valence electrons. The van der Waals surface area contributed by atoms with Crippen molar-refractivity contribution in [3.63, 3.8) is 0 Å². The molecule has 0 saturated carbocycles. The van der Waals surface area contributed by atoms with Gasteiger partial charge in [-0.2, -0.15) is 0 Å². The summed E-state index contributed by atoms with van der Waals surface area (Å²) in [5.74, 6) is 18.1. The topological polar surface area (TPSA) is 219 Å². The van der Waals surface area contributed by atoms with Crippen LogP contribution in [0.3, 0.4) is 0 Å². The van der Waals surface area contributed by atoms with Gasteiger partial charge in [0.25, 0.3) is 0 Å². The third-order valence-corrected chi connectivity index (χ3v) is 9.97. The summed E-state index contributed by atoms with van der Waals surface area (Å²) in [6, 6.07) is 7.44. The zero-order valence-electron chi connectivity index (χ0n) is 36.1. The number of methoxy groups -OCH3 is 6. The van der Waals surface area contributed by atoms with Crippen LogP contribution in [0.15, 0.2) is 36.9 Å². The molecule has 0 aliphatic rings. The van der Waals surface area contributed by atoms with E-state index in [0.29, 0.717) is 119 Å². The molecule has 0 fully saturated rings. The molecule has 0 saturated heterocycles. The molecule has 6 aromatic rings. The van der Waals surface area contributed by atoms with Gasteiger partial charge >= 0.3 is 0 Å². The van der Waals surface area contributed by atoms with Crippen LogP contribution in [0.25, 0.3) is 45.1 Å². The number of hydrogen-bond donors (Lipinski definition) is 4. The number of aromatic nitrogens is 8. The SMILES string of the molecule is COc1cc(-c2nc3c(N)ncnc3n2CCCC#CCNCCCCNCC#CCCCn2c(-c3cc(OC)c(OC)c(OC)c3)nc3c(N)ncnc32)cc(OC)c1OC. The molecule has 0 aliphatic carbocycles. The lowest BCUT2D eigenvalue weighted by atomic mass is 10.1. The first-order valence-electron chi connectivity index (χ1n) is 20.2. The summed E-state index contributed by atoms with van der Waals surface area (Å²) in [6.07, 6.45) is 7.97. The standard InChI is InChI=1S/C44H54N12O6/c1-57-31-23-29(24-32(58-2)37(31)61-5)41-53-35-39(45)49-27-51-43(35)55(41)21-15-9-7-11-17-47-19-13-14-20-48-18-12-8-10-16-22-56-42(54-36-40(46)50-28-52-44(36)56)30-25-33(59-3)38(62-6)34(26-30)60-4/h23-28,47-48H,9-10,13-22H2,1-6H3,(H2,45,49,51)(H2,46,50,52). The number of rotatable bonds is 21. The van der Waals surface area contributed by atoms with Crippen molar-refractivity contribution < 1.29 is 28.4 Å². The van der Waals surface area contributed by atoms with Crippen molar-refractivity contribution in [1.82, 2.24) is 49.7 Å². The number of unbranched alkanes of at least 4 members (excludes halogenated alkanes) is 3. The van der Waals surface area contributed by atoms with Gasteiger partial charge in [-0.05, 0) is 63.0 Å². The fourth-order valence-electron chi connectivity index (χ4n) is 6.95. The second-order valence-electron chi connectivity index (χ2n) is 13.8. The van der Waals surface area contributed by atoms with E-state index in [0.717, 1.165) is 49.9 Å². The van der Waals surface area contributed by atoms with E-state index >= 15 is 0 Å². The van der Waals surface area contributed by atoms with E-state index in [1.165, 1.54) is 12.7 Å². The largest absolute Gasteiger partial charge is 0.493 e. The van der Waals surface area contributed by atoms with E-state index in [-0.39, 0.29) is 0 Å². The number of nitrogen functional groups attached to an aromatic ring is 2. The highest BCUT2D eigenvalue weighted by Gasteiger charge is 2.22. The highest BCUT2D eigenvalue weighted by atomic mass is 16.5. The third-order valence-electron chi connectivity index (χ3n) is 9.97. The van der Waals surface area contributed by atoms with E-state index in [1.807, 2.05) is 33.4 Å². The van der Waals surface area contributed by atoms with E-state index in [2.05, 4.69) is 54.3 Å². The van der Waals surface area contributed by atoms with Crippen LogP contribution in [-0.4, -0.2) is 108 Å². The van der Waals surface area contributed by atoms with Crippen LogP contribution >= 0.6 is 0 Å². The number of hydrogen-bond acceptors (Lipinski definition) is 16. The van der Waals surface area contributed by atoms with Crippen LogP contribution in [-0.2, 0) is 13.1 Å². The van der Waals surface area contributed by atoms with Crippen molar-refractivity contribution >= 4 is 34.0 Å². The first-order chi connectivity index (χ1) is 30.4. The van der Waals surface area contributed by atoms with Crippen LogP contribution in [0.4, 0.5) is 11.6 Å². The Kier molecular flexibility index (Phi) is 15.8. The number of fused-ring (bicyclic) bond motifs is 2. The Morgan fingerprint density at radius 2 is 0.903 bits per heavy atom. The summed E-state index contributed by atoms with van der Waals surface area (Å²) in [7, 11) is 9.47. The normalized spacial score (nSPS) is 10.9. The van der Waals surface area contributed by atoms with Crippen LogP contribution in [0, 0.1) is 23.7 Å². The smallest absolute Gasteiger partial charge is 0.203 e. The van der Waals surface area contributed by atoms with Crippen LogP contribution in [0.5, 0.6) is 34.5 Å². The van der Waals surface area contributed by atoms with Crippen molar-refractivity contribution in [2.75, 3.05) is 80.3 Å². The first-order valence-corrected chi connectivity index (χ1v) is 20.2. The highest BCUT2D eigenvalue weighted by Crippen LogP contribution is 2.43. The molecule has 18 nitrogen and oxygen atoms in total. The zero-order valence-corrected chi connectivity index (χ0v) is 36.1. The molecule has 0 atom stereocenters. The van der Waals surface area contributed by atoms with Crippen molar-refractivity contribution in [2.45, 2.75) is 51.6 Å². The predicted octanol–water partition coefficient (Wildman–Crippen LogP) is 4.74. The Bertz CT molecular complexity index is 2360. The molecular formula is C44H54N12O6. The number of benzene rings is 2. The maximum atomic E-state index is 6.18. The van der Waals surface area contributed by atoms with E-state index in [9.17, 15) is 0 Å². The van der Waals surface area contributed by atoms with Gasteiger partial charge in [-0.3, -0.25) is 0 Å². The lowest BCUT2D eigenvalue weighted by molar-refractivity contribution is 0.324. The molecule has 0 aliphatic heterocycles. The van der Waals surface area contributed by atoms with Gasteiger partial charge in [0.15, 0.2) is 57.0 Å². The molecular weight excluding hydrogens is 793 g/mol. The van der Waals surface area contributed by atoms with E-state index in [4.69, 9.17) is 49.9 Å². The van der Waals surface area contributed by atoms with E-state index < -0.39 is 0 Å². The Morgan fingerprint density at radius 3 is 1.26 bits per heavy atom. The fourth-order valence-corrected chi connectivity index (χ4v) is 6.95. The monoisotopic (exact) mass is 846 g/mol. The van der Waals surface area contributed by atoms with Crippen LogP contribution < -0.4 is 50.5 Å². The number of nitrogens with one attached hydrogen (secondary N) is 2. The average Bonchev–Trinajstić information content (AvgIpc) is 3.87. The molecule has 4 aromatic heterocycles. The first kappa shape index (κ1) is 44.5. The fraction of sp³-hybridized carbons (Fsp3) is 0.409. The number of nitrogens with zero attached hydrogens (tertiary/aromatic N) is 8. The zero-order chi connectivity index (χ0) is 43.8. The lowest BCUT2D eigenvalue weighted by Crippen LogP contribution is -2.19. The van der Waals surface area contributed by atoms with E-state index in [1.54, 1.807) is 42.7 Å². The van der Waals surface area contributed by atoms with Crippen molar-refractivity contribution in [1.29, 1.82) is 0 Å². The summed E-state index contributed by atoms with van der Waals surface area (Å²) in [5, 5.41) is 6.83. The molecule has 0 unspecified atom stereocenters. The maximum absolute atomic E-state index is 6.18.